The molecule has 1 unspecified atom stereocenters. The summed E-state index contributed by atoms with van der Waals surface area (Å²) in [5.74, 6) is 0.556. The SMILES string of the molecule is CC(O)Nc1ccc(C(C)C)cc1. The molecule has 2 heteroatoms. The van der Waals surface area contributed by atoms with Gasteiger partial charge in [-0.25, -0.2) is 0 Å². The molecule has 0 aromatic heterocycles. The van der Waals surface area contributed by atoms with Gasteiger partial charge in [-0.3, -0.25) is 0 Å². The highest BCUT2D eigenvalue weighted by Gasteiger charge is 1.99. The molecule has 0 heterocycles. The third-order valence-electron chi connectivity index (χ3n) is 1.95. The van der Waals surface area contributed by atoms with Crippen molar-refractivity contribution in [3.05, 3.63) is 29.8 Å². The van der Waals surface area contributed by atoms with Crippen molar-refractivity contribution in [2.45, 2.75) is 32.9 Å². The minimum absolute atomic E-state index is 0.495. The summed E-state index contributed by atoms with van der Waals surface area (Å²) in [4.78, 5) is 0. The number of anilines is 1. The van der Waals surface area contributed by atoms with E-state index in [1.165, 1.54) is 5.56 Å². The van der Waals surface area contributed by atoms with Gasteiger partial charge in [-0.05, 0) is 30.5 Å². The summed E-state index contributed by atoms with van der Waals surface area (Å²) in [5.41, 5.74) is 2.27. The molecular formula is C11H17NO. The Bertz CT molecular complexity index is 251. The van der Waals surface area contributed by atoms with Crippen LogP contribution in [0, 0.1) is 0 Å². The van der Waals surface area contributed by atoms with E-state index >= 15 is 0 Å². The van der Waals surface area contributed by atoms with Crippen LogP contribution < -0.4 is 5.32 Å². The summed E-state index contributed by atoms with van der Waals surface area (Å²) >= 11 is 0. The van der Waals surface area contributed by atoms with Crippen LogP contribution in [0.3, 0.4) is 0 Å². The topological polar surface area (TPSA) is 32.3 Å². The van der Waals surface area contributed by atoms with Crippen molar-refractivity contribution in [3.8, 4) is 0 Å². The third-order valence-corrected chi connectivity index (χ3v) is 1.95. The first kappa shape index (κ1) is 10.1. The quantitative estimate of drug-likeness (QED) is 0.699. The molecule has 2 N–H and O–H groups in total. The smallest absolute Gasteiger partial charge is 0.121 e. The van der Waals surface area contributed by atoms with Gasteiger partial charge in [-0.1, -0.05) is 26.0 Å². The van der Waals surface area contributed by atoms with Crippen LogP contribution in [0.1, 0.15) is 32.3 Å². The van der Waals surface area contributed by atoms with Gasteiger partial charge in [0.05, 0.1) is 0 Å². The Hall–Kier alpha value is -1.02. The first-order valence-electron chi connectivity index (χ1n) is 4.64. The highest BCUT2D eigenvalue weighted by atomic mass is 16.3. The molecule has 0 fully saturated rings. The number of aliphatic hydroxyl groups is 1. The molecular weight excluding hydrogens is 162 g/mol. The van der Waals surface area contributed by atoms with Gasteiger partial charge in [0.1, 0.15) is 6.23 Å². The van der Waals surface area contributed by atoms with Crippen LogP contribution in [-0.2, 0) is 0 Å². The average Bonchev–Trinajstić information content (AvgIpc) is 2.04. The number of hydrogen-bond acceptors (Lipinski definition) is 2. The maximum Gasteiger partial charge on any atom is 0.121 e. The van der Waals surface area contributed by atoms with E-state index in [1.807, 2.05) is 12.1 Å². The summed E-state index contributed by atoms with van der Waals surface area (Å²) < 4.78 is 0. The molecule has 72 valence electrons. The number of aliphatic hydroxyl groups excluding tert-OH is 1. The summed E-state index contributed by atoms with van der Waals surface area (Å²) in [7, 11) is 0. The minimum atomic E-state index is -0.495. The maximum atomic E-state index is 9.07. The molecule has 1 aromatic carbocycles. The number of rotatable bonds is 3. The first-order chi connectivity index (χ1) is 6.09. The van der Waals surface area contributed by atoms with Crippen molar-refractivity contribution in [3.63, 3.8) is 0 Å². The lowest BCUT2D eigenvalue weighted by molar-refractivity contribution is 0.224. The van der Waals surface area contributed by atoms with Gasteiger partial charge in [0.25, 0.3) is 0 Å². The van der Waals surface area contributed by atoms with Crippen LogP contribution in [0.2, 0.25) is 0 Å². The zero-order valence-corrected chi connectivity index (χ0v) is 8.41. The summed E-state index contributed by atoms with van der Waals surface area (Å²) in [6.07, 6.45) is -0.495. The Labute approximate surface area is 79.6 Å². The molecule has 0 bridgehead atoms. The van der Waals surface area contributed by atoms with E-state index in [1.54, 1.807) is 6.92 Å². The molecule has 1 rings (SSSR count). The van der Waals surface area contributed by atoms with E-state index in [-0.39, 0.29) is 0 Å². The van der Waals surface area contributed by atoms with E-state index < -0.39 is 6.23 Å². The van der Waals surface area contributed by atoms with Crippen LogP contribution in [0.15, 0.2) is 24.3 Å². The second-order valence-corrected chi connectivity index (χ2v) is 3.60. The van der Waals surface area contributed by atoms with Crippen molar-refractivity contribution in [1.82, 2.24) is 0 Å². The van der Waals surface area contributed by atoms with Crippen molar-refractivity contribution in [1.29, 1.82) is 0 Å². The van der Waals surface area contributed by atoms with Crippen LogP contribution in [0.4, 0.5) is 5.69 Å². The molecule has 0 aliphatic heterocycles. The lowest BCUT2D eigenvalue weighted by Gasteiger charge is -2.10. The fourth-order valence-electron chi connectivity index (χ4n) is 1.21. The maximum absolute atomic E-state index is 9.07. The average molecular weight is 179 g/mol. The fourth-order valence-corrected chi connectivity index (χ4v) is 1.21. The lowest BCUT2D eigenvalue weighted by atomic mass is 10.0. The number of benzene rings is 1. The second kappa shape index (κ2) is 4.28. The second-order valence-electron chi connectivity index (χ2n) is 3.60. The molecule has 0 saturated carbocycles. The predicted octanol–water partition coefficient (Wildman–Crippen LogP) is 2.56. The van der Waals surface area contributed by atoms with Crippen LogP contribution in [0.25, 0.3) is 0 Å². The summed E-state index contributed by atoms with van der Waals surface area (Å²) in [5, 5.41) is 12.0. The standard InChI is InChI=1S/C11H17NO/c1-8(2)10-4-6-11(7-5-10)12-9(3)13/h4-9,12-13H,1-3H3. The number of hydrogen-bond donors (Lipinski definition) is 2. The molecule has 0 radical (unpaired) electrons. The van der Waals surface area contributed by atoms with Gasteiger partial charge in [-0.2, -0.15) is 0 Å². The molecule has 0 spiro atoms. The molecule has 1 atom stereocenters. The van der Waals surface area contributed by atoms with Gasteiger partial charge in [0.15, 0.2) is 0 Å². The molecule has 0 saturated heterocycles. The Kier molecular flexibility index (Phi) is 3.32. The normalized spacial score (nSPS) is 13.0. The zero-order valence-electron chi connectivity index (χ0n) is 8.41. The monoisotopic (exact) mass is 179 g/mol. The summed E-state index contributed by atoms with van der Waals surface area (Å²) in [6, 6.07) is 8.13. The van der Waals surface area contributed by atoms with Crippen LogP contribution in [-0.4, -0.2) is 11.3 Å². The van der Waals surface area contributed by atoms with Crippen molar-refractivity contribution >= 4 is 5.69 Å². The van der Waals surface area contributed by atoms with E-state index in [4.69, 9.17) is 5.11 Å². The van der Waals surface area contributed by atoms with E-state index in [9.17, 15) is 0 Å². The van der Waals surface area contributed by atoms with Crippen molar-refractivity contribution < 1.29 is 5.11 Å². The highest BCUT2D eigenvalue weighted by molar-refractivity contribution is 5.45. The summed E-state index contributed by atoms with van der Waals surface area (Å²) in [6.45, 7) is 6.03. The van der Waals surface area contributed by atoms with Crippen molar-refractivity contribution in [2.24, 2.45) is 0 Å². The molecule has 0 aliphatic carbocycles. The van der Waals surface area contributed by atoms with Gasteiger partial charge in [0, 0.05) is 5.69 Å². The lowest BCUT2D eigenvalue weighted by Crippen LogP contribution is -2.13. The minimum Gasteiger partial charge on any atom is -0.374 e. The van der Waals surface area contributed by atoms with Crippen molar-refractivity contribution in [2.75, 3.05) is 5.32 Å². The Morgan fingerprint density at radius 1 is 1.08 bits per heavy atom. The Morgan fingerprint density at radius 2 is 1.62 bits per heavy atom. The van der Waals surface area contributed by atoms with E-state index in [2.05, 4.69) is 31.3 Å². The zero-order chi connectivity index (χ0) is 9.84. The van der Waals surface area contributed by atoms with E-state index in [0.29, 0.717) is 5.92 Å². The predicted molar refractivity (Wildman–Crippen MR) is 55.8 cm³/mol. The van der Waals surface area contributed by atoms with Gasteiger partial charge in [-0.15, -0.1) is 0 Å². The Balaban J connectivity index is 2.70. The Morgan fingerprint density at radius 3 is 2.00 bits per heavy atom. The fraction of sp³-hybridized carbons (Fsp3) is 0.455. The highest BCUT2D eigenvalue weighted by Crippen LogP contribution is 2.17. The molecule has 0 amide bonds. The molecule has 1 aromatic rings. The number of nitrogens with one attached hydrogen (secondary N) is 1. The first-order valence-corrected chi connectivity index (χ1v) is 4.64. The van der Waals surface area contributed by atoms with Crippen LogP contribution >= 0.6 is 0 Å². The van der Waals surface area contributed by atoms with Crippen LogP contribution in [0.5, 0.6) is 0 Å². The molecule has 2 nitrogen and oxygen atoms in total. The largest absolute Gasteiger partial charge is 0.374 e. The van der Waals surface area contributed by atoms with E-state index in [0.717, 1.165) is 5.69 Å². The molecule has 13 heavy (non-hydrogen) atoms. The van der Waals surface area contributed by atoms with Gasteiger partial charge in [0.2, 0.25) is 0 Å². The third kappa shape index (κ3) is 3.07. The van der Waals surface area contributed by atoms with Gasteiger partial charge < -0.3 is 10.4 Å². The molecule has 0 aliphatic rings. The van der Waals surface area contributed by atoms with Gasteiger partial charge >= 0.3 is 0 Å².